The number of aliphatic carboxylic acids is 1. The molecule has 0 aliphatic heterocycles. The minimum atomic E-state index is -0.915. The second-order valence-corrected chi connectivity index (χ2v) is 2.35. The molecule has 0 saturated heterocycles. The highest BCUT2D eigenvalue weighted by molar-refractivity contribution is 5.86. The van der Waals surface area contributed by atoms with Crippen LogP contribution in [0, 0.1) is 0 Å². The predicted octanol–water partition coefficient (Wildman–Crippen LogP) is 1.35. The van der Waals surface area contributed by atoms with Gasteiger partial charge in [0.2, 0.25) is 0 Å². The van der Waals surface area contributed by atoms with Crippen molar-refractivity contribution in [1.82, 2.24) is 0 Å². The monoisotopic (exact) mass is 170 g/mol. The third kappa shape index (κ3) is 4.68. The van der Waals surface area contributed by atoms with Crippen molar-refractivity contribution in [2.75, 3.05) is 6.61 Å². The van der Waals surface area contributed by atoms with Gasteiger partial charge >= 0.3 is 5.97 Å². The summed E-state index contributed by atoms with van der Waals surface area (Å²) < 4.78 is 0. The highest BCUT2D eigenvalue weighted by Crippen LogP contribution is 2.04. The summed E-state index contributed by atoms with van der Waals surface area (Å²) in [5, 5.41) is 17.1. The Kier molecular flexibility index (Phi) is 6.01. The van der Waals surface area contributed by atoms with Gasteiger partial charge in [-0.3, -0.25) is 0 Å². The maximum Gasteiger partial charge on any atom is 0.331 e. The van der Waals surface area contributed by atoms with Crippen molar-refractivity contribution >= 4 is 5.97 Å². The molecule has 0 amide bonds. The molecule has 0 unspecified atom stereocenters. The maximum atomic E-state index is 10.5. The number of carboxylic acid groups (broad SMARTS) is 1. The lowest BCUT2D eigenvalue weighted by Crippen LogP contribution is -2.01. The van der Waals surface area contributed by atoms with Crippen LogP contribution in [0.5, 0.6) is 0 Å². The van der Waals surface area contributed by atoms with Gasteiger partial charge in [0.05, 0.1) is 0 Å². The average molecular weight is 170 g/mol. The average Bonchev–Trinajstić information content (AvgIpc) is 2.04. The second kappa shape index (κ2) is 6.61. The lowest BCUT2D eigenvalue weighted by Gasteiger charge is -1.97. The van der Waals surface area contributed by atoms with E-state index in [9.17, 15) is 4.79 Å². The maximum absolute atomic E-state index is 10.5. The Morgan fingerprint density at radius 3 is 2.58 bits per heavy atom. The van der Waals surface area contributed by atoms with Crippen molar-refractivity contribution in [3.63, 3.8) is 0 Å². The molecular formula is C9H14O3. The molecule has 0 aromatic rings. The normalized spacial score (nSPS) is 12.3. The van der Waals surface area contributed by atoms with Gasteiger partial charge in [0.15, 0.2) is 0 Å². The molecule has 3 nitrogen and oxygen atoms in total. The van der Waals surface area contributed by atoms with Crippen LogP contribution in [0.25, 0.3) is 0 Å². The standard InChI is InChI=1S/C9H14O3/c1-2-3-5-8(9(11)12)6-4-7-10/h2-3,5,10H,4,6-7H2,1H3,(H,11,12). The third-order valence-corrected chi connectivity index (χ3v) is 1.37. The lowest BCUT2D eigenvalue weighted by molar-refractivity contribution is -0.132. The van der Waals surface area contributed by atoms with E-state index in [1.54, 1.807) is 18.2 Å². The summed E-state index contributed by atoms with van der Waals surface area (Å²) >= 11 is 0. The molecule has 3 heteroatoms. The molecule has 0 rings (SSSR count). The van der Waals surface area contributed by atoms with E-state index >= 15 is 0 Å². The summed E-state index contributed by atoms with van der Waals surface area (Å²) in [6.45, 7) is 1.85. The molecule has 0 atom stereocenters. The number of hydrogen-bond donors (Lipinski definition) is 2. The van der Waals surface area contributed by atoms with Crippen molar-refractivity contribution in [1.29, 1.82) is 0 Å². The summed E-state index contributed by atoms with van der Waals surface area (Å²) in [5.74, 6) is -0.915. The number of carboxylic acids is 1. The van der Waals surface area contributed by atoms with Gasteiger partial charge in [0.25, 0.3) is 0 Å². The molecule has 0 bridgehead atoms. The summed E-state index contributed by atoms with van der Waals surface area (Å²) in [6.07, 6.45) is 5.91. The SMILES string of the molecule is CC=CC=C(CCCO)C(=O)O. The van der Waals surface area contributed by atoms with Gasteiger partial charge in [-0.15, -0.1) is 0 Å². The highest BCUT2D eigenvalue weighted by Gasteiger charge is 2.04. The molecule has 68 valence electrons. The van der Waals surface area contributed by atoms with E-state index in [1.165, 1.54) is 0 Å². The van der Waals surface area contributed by atoms with E-state index in [4.69, 9.17) is 10.2 Å². The van der Waals surface area contributed by atoms with Crippen LogP contribution < -0.4 is 0 Å². The van der Waals surface area contributed by atoms with E-state index in [2.05, 4.69) is 0 Å². The fourth-order valence-electron chi connectivity index (χ4n) is 0.743. The topological polar surface area (TPSA) is 57.5 Å². The van der Waals surface area contributed by atoms with Crippen LogP contribution in [-0.4, -0.2) is 22.8 Å². The zero-order chi connectivity index (χ0) is 9.40. The van der Waals surface area contributed by atoms with Gasteiger partial charge in [-0.2, -0.15) is 0 Å². The van der Waals surface area contributed by atoms with Crippen LogP contribution >= 0.6 is 0 Å². The number of allylic oxidation sites excluding steroid dienone is 3. The first-order valence-electron chi connectivity index (χ1n) is 3.88. The third-order valence-electron chi connectivity index (χ3n) is 1.37. The van der Waals surface area contributed by atoms with Crippen LogP contribution in [0.3, 0.4) is 0 Å². The summed E-state index contributed by atoms with van der Waals surface area (Å²) in [5.41, 5.74) is 0.335. The zero-order valence-electron chi connectivity index (χ0n) is 7.16. The van der Waals surface area contributed by atoms with Crippen molar-refractivity contribution in [3.05, 3.63) is 23.8 Å². The quantitative estimate of drug-likeness (QED) is 0.483. The minimum Gasteiger partial charge on any atom is -0.478 e. The zero-order valence-corrected chi connectivity index (χ0v) is 7.16. The Bertz CT molecular complexity index is 192. The van der Waals surface area contributed by atoms with Gasteiger partial charge < -0.3 is 10.2 Å². The van der Waals surface area contributed by atoms with Crippen molar-refractivity contribution in [3.8, 4) is 0 Å². The molecule has 0 aromatic heterocycles. The Labute approximate surface area is 72.0 Å². The molecule has 0 spiro atoms. The van der Waals surface area contributed by atoms with E-state index in [1.807, 2.05) is 6.92 Å². The van der Waals surface area contributed by atoms with Crippen molar-refractivity contribution in [2.24, 2.45) is 0 Å². The van der Waals surface area contributed by atoms with Crippen LogP contribution in [0.15, 0.2) is 23.8 Å². The van der Waals surface area contributed by atoms with Crippen LogP contribution in [0.4, 0.5) is 0 Å². The molecule has 0 aliphatic carbocycles. The Balaban J connectivity index is 4.13. The Hall–Kier alpha value is -1.09. The van der Waals surface area contributed by atoms with E-state index < -0.39 is 5.97 Å². The fraction of sp³-hybridized carbons (Fsp3) is 0.444. The molecule has 0 saturated carbocycles. The first kappa shape index (κ1) is 10.9. The van der Waals surface area contributed by atoms with Crippen molar-refractivity contribution < 1.29 is 15.0 Å². The highest BCUT2D eigenvalue weighted by atomic mass is 16.4. The number of rotatable bonds is 5. The van der Waals surface area contributed by atoms with Gasteiger partial charge in [-0.25, -0.2) is 4.79 Å². The number of aliphatic hydroxyl groups excluding tert-OH is 1. The predicted molar refractivity (Wildman–Crippen MR) is 46.9 cm³/mol. The molecule has 0 aromatic carbocycles. The molecule has 12 heavy (non-hydrogen) atoms. The van der Waals surface area contributed by atoms with E-state index in [0.29, 0.717) is 18.4 Å². The molecular weight excluding hydrogens is 156 g/mol. The number of hydrogen-bond acceptors (Lipinski definition) is 2. The fourth-order valence-corrected chi connectivity index (χ4v) is 0.743. The van der Waals surface area contributed by atoms with Gasteiger partial charge in [0, 0.05) is 12.2 Å². The summed E-state index contributed by atoms with van der Waals surface area (Å²) in [6, 6.07) is 0. The molecule has 0 fully saturated rings. The first-order chi connectivity index (χ1) is 5.72. The Morgan fingerprint density at radius 1 is 1.50 bits per heavy atom. The van der Waals surface area contributed by atoms with Gasteiger partial charge in [0.1, 0.15) is 0 Å². The van der Waals surface area contributed by atoms with Crippen molar-refractivity contribution in [2.45, 2.75) is 19.8 Å². The number of carbonyl (C=O) groups is 1. The van der Waals surface area contributed by atoms with E-state index in [0.717, 1.165) is 0 Å². The first-order valence-corrected chi connectivity index (χ1v) is 3.88. The summed E-state index contributed by atoms with van der Waals surface area (Å²) in [4.78, 5) is 10.5. The largest absolute Gasteiger partial charge is 0.478 e. The smallest absolute Gasteiger partial charge is 0.331 e. The molecule has 0 heterocycles. The van der Waals surface area contributed by atoms with Gasteiger partial charge in [-0.1, -0.05) is 18.2 Å². The lowest BCUT2D eigenvalue weighted by atomic mass is 10.1. The Morgan fingerprint density at radius 2 is 2.17 bits per heavy atom. The summed E-state index contributed by atoms with van der Waals surface area (Å²) in [7, 11) is 0. The van der Waals surface area contributed by atoms with Crippen LogP contribution in [0.1, 0.15) is 19.8 Å². The molecule has 2 N–H and O–H groups in total. The minimum absolute atomic E-state index is 0.0282. The molecule has 0 aliphatic rings. The molecule has 0 radical (unpaired) electrons. The number of aliphatic hydroxyl groups is 1. The second-order valence-electron chi connectivity index (χ2n) is 2.35. The van der Waals surface area contributed by atoms with E-state index in [-0.39, 0.29) is 6.61 Å². The van der Waals surface area contributed by atoms with Gasteiger partial charge in [-0.05, 0) is 19.8 Å². The van der Waals surface area contributed by atoms with Crippen LogP contribution in [-0.2, 0) is 4.79 Å². The van der Waals surface area contributed by atoms with Crippen LogP contribution in [0.2, 0.25) is 0 Å².